The highest BCUT2D eigenvalue weighted by molar-refractivity contribution is 6.55. The van der Waals surface area contributed by atoms with E-state index in [1.165, 1.54) is 19.3 Å². The molecule has 26 heavy (non-hydrogen) atoms. The van der Waals surface area contributed by atoms with Crippen molar-refractivity contribution in [3.05, 3.63) is 41.9 Å². The number of hydrogen-bond acceptors (Lipinski definition) is 5. The Kier molecular flexibility index (Phi) is 6.50. The van der Waals surface area contributed by atoms with Gasteiger partial charge in [-0.1, -0.05) is 55.7 Å². The Balaban J connectivity index is 1.61. The van der Waals surface area contributed by atoms with Crippen molar-refractivity contribution in [3.8, 4) is 0 Å². The third kappa shape index (κ3) is 5.21. The standard InChI is InChI=1S/C20H26BNO4/c1-16(18-10-6-3-7-11-18)22-14-19(23)25-21(26-20(24)15-22)13-12-17-8-4-2-5-9-17/h2,4-5,8-9,12-13,16,18H,3,6-7,10-11,14-15H2,1H3/b13-12+/t16-/m0/s1. The van der Waals surface area contributed by atoms with E-state index in [0.717, 1.165) is 18.4 Å². The lowest BCUT2D eigenvalue weighted by Gasteiger charge is -2.36. The molecule has 0 spiro atoms. The van der Waals surface area contributed by atoms with Crippen LogP contribution in [-0.4, -0.2) is 43.1 Å². The van der Waals surface area contributed by atoms with E-state index in [9.17, 15) is 9.59 Å². The molecule has 138 valence electrons. The molecule has 5 nitrogen and oxygen atoms in total. The summed E-state index contributed by atoms with van der Waals surface area (Å²) in [4.78, 5) is 26.4. The van der Waals surface area contributed by atoms with Gasteiger partial charge in [0.2, 0.25) is 0 Å². The fraction of sp³-hybridized carbons (Fsp3) is 0.500. The Labute approximate surface area is 155 Å². The van der Waals surface area contributed by atoms with Crippen molar-refractivity contribution in [1.82, 2.24) is 4.90 Å². The molecule has 1 saturated carbocycles. The summed E-state index contributed by atoms with van der Waals surface area (Å²) in [6, 6.07) is 9.79. The van der Waals surface area contributed by atoms with Gasteiger partial charge in [0, 0.05) is 6.04 Å². The minimum Gasteiger partial charge on any atom is -0.495 e. The topological polar surface area (TPSA) is 55.8 Å². The molecule has 0 N–H and O–H groups in total. The van der Waals surface area contributed by atoms with E-state index in [1.54, 1.807) is 12.1 Å². The number of carbonyl (C=O) groups is 2. The number of hydrogen-bond donors (Lipinski definition) is 0. The number of benzene rings is 1. The Morgan fingerprint density at radius 3 is 2.27 bits per heavy atom. The van der Waals surface area contributed by atoms with Gasteiger partial charge in [-0.2, -0.15) is 0 Å². The number of carbonyl (C=O) groups excluding carboxylic acids is 2. The molecule has 0 unspecified atom stereocenters. The van der Waals surface area contributed by atoms with Gasteiger partial charge in [0.15, 0.2) is 0 Å². The minimum atomic E-state index is -0.970. The van der Waals surface area contributed by atoms with Crippen LogP contribution in [0.2, 0.25) is 0 Å². The first kappa shape index (κ1) is 18.7. The largest absolute Gasteiger partial charge is 0.628 e. The summed E-state index contributed by atoms with van der Waals surface area (Å²) in [7, 11) is -0.970. The van der Waals surface area contributed by atoms with Crippen LogP contribution in [-0.2, 0) is 18.9 Å². The lowest BCUT2D eigenvalue weighted by atomic mass is 9.83. The Bertz CT molecular complexity index is 622. The van der Waals surface area contributed by atoms with Crippen LogP contribution < -0.4 is 0 Å². The summed E-state index contributed by atoms with van der Waals surface area (Å²) in [5.74, 6) is 1.41. The van der Waals surface area contributed by atoms with Crippen molar-refractivity contribution in [2.24, 2.45) is 5.92 Å². The average molecular weight is 355 g/mol. The maximum Gasteiger partial charge on any atom is 0.628 e. The highest BCUT2D eigenvalue weighted by atomic mass is 16.6. The van der Waals surface area contributed by atoms with E-state index in [4.69, 9.17) is 9.31 Å². The predicted octanol–water partition coefficient (Wildman–Crippen LogP) is 3.10. The van der Waals surface area contributed by atoms with E-state index in [0.29, 0.717) is 5.92 Å². The fourth-order valence-corrected chi connectivity index (χ4v) is 3.78. The Morgan fingerprint density at radius 1 is 1.04 bits per heavy atom. The average Bonchev–Trinajstić information content (AvgIpc) is 2.65. The van der Waals surface area contributed by atoms with E-state index < -0.39 is 7.12 Å². The molecule has 1 atom stereocenters. The lowest BCUT2D eigenvalue weighted by molar-refractivity contribution is -0.147. The van der Waals surface area contributed by atoms with Gasteiger partial charge in [-0.25, -0.2) is 0 Å². The van der Waals surface area contributed by atoms with Crippen LogP contribution in [0.5, 0.6) is 0 Å². The van der Waals surface area contributed by atoms with Crippen LogP contribution in [0.1, 0.15) is 44.6 Å². The Hall–Kier alpha value is -2.08. The molecule has 2 aliphatic rings. The van der Waals surface area contributed by atoms with Crippen LogP contribution >= 0.6 is 0 Å². The van der Waals surface area contributed by atoms with E-state index in [1.807, 2.05) is 35.2 Å². The Morgan fingerprint density at radius 2 is 1.65 bits per heavy atom. The smallest absolute Gasteiger partial charge is 0.495 e. The van der Waals surface area contributed by atoms with E-state index in [-0.39, 0.29) is 31.1 Å². The maximum absolute atomic E-state index is 12.3. The van der Waals surface area contributed by atoms with Crippen LogP contribution in [0.3, 0.4) is 0 Å². The van der Waals surface area contributed by atoms with Crippen LogP contribution in [0, 0.1) is 5.92 Å². The molecule has 1 aliphatic carbocycles. The third-order valence-corrected chi connectivity index (χ3v) is 5.31. The first-order chi connectivity index (χ1) is 12.6. The highest BCUT2D eigenvalue weighted by Crippen LogP contribution is 2.29. The van der Waals surface area contributed by atoms with E-state index >= 15 is 0 Å². The summed E-state index contributed by atoms with van der Waals surface area (Å²) in [6.45, 7) is 2.36. The third-order valence-electron chi connectivity index (χ3n) is 5.31. The quantitative estimate of drug-likeness (QED) is 0.777. The molecular formula is C20H26BNO4. The summed E-state index contributed by atoms with van der Waals surface area (Å²) in [5, 5.41) is 0. The van der Waals surface area contributed by atoms with Crippen molar-refractivity contribution < 1.29 is 18.9 Å². The van der Waals surface area contributed by atoms with Gasteiger partial charge in [0.25, 0.3) is 0 Å². The van der Waals surface area contributed by atoms with Crippen LogP contribution in [0.4, 0.5) is 0 Å². The monoisotopic (exact) mass is 355 g/mol. The first-order valence-corrected chi connectivity index (χ1v) is 9.48. The lowest BCUT2D eigenvalue weighted by Crippen LogP contribution is -2.49. The van der Waals surface area contributed by atoms with Gasteiger partial charge in [0.05, 0.1) is 13.1 Å². The molecule has 1 heterocycles. The molecule has 1 aromatic rings. The molecule has 2 fully saturated rings. The molecule has 0 aromatic heterocycles. The fourth-order valence-electron chi connectivity index (χ4n) is 3.78. The molecule has 1 aliphatic heterocycles. The maximum atomic E-state index is 12.3. The van der Waals surface area contributed by atoms with Crippen LogP contribution in [0.25, 0.3) is 6.08 Å². The SMILES string of the molecule is C[C@@H](C1CCCCC1)N1CC(=O)OB(/C=C/c2ccccc2)OC(=O)C1. The van der Waals surface area contributed by atoms with Crippen molar-refractivity contribution >= 4 is 25.1 Å². The molecule has 6 heteroatoms. The van der Waals surface area contributed by atoms with Gasteiger partial charge < -0.3 is 9.31 Å². The number of nitrogens with zero attached hydrogens (tertiary/aromatic N) is 1. The van der Waals surface area contributed by atoms with Gasteiger partial charge in [0.1, 0.15) is 0 Å². The van der Waals surface area contributed by atoms with Crippen molar-refractivity contribution in [1.29, 1.82) is 0 Å². The van der Waals surface area contributed by atoms with Gasteiger partial charge in [-0.05, 0) is 37.2 Å². The molecule has 0 radical (unpaired) electrons. The molecule has 3 rings (SSSR count). The zero-order valence-electron chi connectivity index (χ0n) is 15.3. The van der Waals surface area contributed by atoms with Gasteiger partial charge in [-0.15, -0.1) is 0 Å². The highest BCUT2D eigenvalue weighted by Gasteiger charge is 2.34. The number of rotatable bonds is 4. The predicted molar refractivity (Wildman–Crippen MR) is 101 cm³/mol. The van der Waals surface area contributed by atoms with E-state index in [2.05, 4.69) is 6.92 Å². The van der Waals surface area contributed by atoms with Crippen molar-refractivity contribution in [2.45, 2.75) is 45.1 Å². The van der Waals surface area contributed by atoms with Crippen molar-refractivity contribution in [3.63, 3.8) is 0 Å². The molecular weight excluding hydrogens is 329 g/mol. The van der Waals surface area contributed by atoms with Gasteiger partial charge in [-0.3, -0.25) is 14.5 Å². The summed E-state index contributed by atoms with van der Waals surface area (Å²) in [5.41, 5.74) is 0.953. The minimum absolute atomic E-state index is 0.127. The molecule has 0 bridgehead atoms. The zero-order valence-corrected chi connectivity index (χ0v) is 15.3. The van der Waals surface area contributed by atoms with Gasteiger partial charge >= 0.3 is 19.1 Å². The zero-order chi connectivity index (χ0) is 18.4. The second-order valence-electron chi connectivity index (χ2n) is 7.16. The molecule has 1 aromatic carbocycles. The molecule has 1 saturated heterocycles. The first-order valence-electron chi connectivity index (χ1n) is 9.48. The van der Waals surface area contributed by atoms with Crippen molar-refractivity contribution in [2.75, 3.05) is 13.1 Å². The second kappa shape index (κ2) is 9.03. The second-order valence-corrected chi connectivity index (χ2v) is 7.16. The van der Waals surface area contributed by atoms with Crippen LogP contribution in [0.15, 0.2) is 36.3 Å². The summed E-state index contributed by atoms with van der Waals surface area (Å²) >= 11 is 0. The normalized spacial score (nSPS) is 21.8. The molecule has 0 amide bonds. The summed E-state index contributed by atoms with van der Waals surface area (Å²) in [6.07, 6.45) is 7.83. The summed E-state index contributed by atoms with van der Waals surface area (Å²) < 4.78 is 10.7.